The van der Waals surface area contributed by atoms with E-state index in [0.717, 1.165) is 11.3 Å². The highest BCUT2D eigenvalue weighted by Gasteiger charge is 2.16. The second-order valence-corrected chi connectivity index (χ2v) is 5.98. The SMILES string of the molecule is Cc1cc(C)nc(NS(=O)(=O)c2c[nH]c(CO)c2)c1. The Morgan fingerprint density at radius 3 is 2.63 bits per heavy atom. The van der Waals surface area contributed by atoms with E-state index in [1.165, 1.54) is 12.3 Å². The van der Waals surface area contributed by atoms with Gasteiger partial charge in [0.1, 0.15) is 10.7 Å². The maximum absolute atomic E-state index is 12.1. The number of hydrogen-bond donors (Lipinski definition) is 3. The summed E-state index contributed by atoms with van der Waals surface area (Å²) in [6.07, 6.45) is 1.33. The van der Waals surface area contributed by atoms with Crippen LogP contribution in [-0.4, -0.2) is 23.5 Å². The monoisotopic (exact) mass is 281 g/mol. The minimum Gasteiger partial charge on any atom is -0.390 e. The third-order valence-corrected chi connectivity index (χ3v) is 3.87. The number of sulfonamides is 1. The quantitative estimate of drug-likeness (QED) is 0.787. The molecule has 0 aromatic carbocycles. The van der Waals surface area contributed by atoms with Crippen LogP contribution < -0.4 is 4.72 Å². The van der Waals surface area contributed by atoms with Crippen LogP contribution in [0, 0.1) is 13.8 Å². The molecule has 0 amide bonds. The standard InChI is InChI=1S/C12H15N3O3S/c1-8-3-9(2)14-12(4-8)15-19(17,18)11-5-10(7-16)13-6-11/h3-6,13,16H,7H2,1-2H3,(H,14,15). The lowest BCUT2D eigenvalue weighted by Gasteiger charge is -2.07. The van der Waals surface area contributed by atoms with Crippen molar-refractivity contribution in [1.82, 2.24) is 9.97 Å². The molecule has 0 saturated heterocycles. The fourth-order valence-corrected chi connectivity index (χ4v) is 2.76. The maximum atomic E-state index is 12.1. The van der Waals surface area contributed by atoms with Gasteiger partial charge >= 0.3 is 0 Å². The second kappa shape index (κ2) is 5.02. The van der Waals surface area contributed by atoms with Gasteiger partial charge in [-0.3, -0.25) is 4.72 Å². The van der Waals surface area contributed by atoms with Crippen LogP contribution in [0.25, 0.3) is 0 Å². The largest absolute Gasteiger partial charge is 0.390 e. The van der Waals surface area contributed by atoms with Gasteiger partial charge in [-0.05, 0) is 37.6 Å². The molecule has 2 rings (SSSR count). The Morgan fingerprint density at radius 1 is 1.32 bits per heavy atom. The average Bonchev–Trinajstić information content (AvgIpc) is 2.75. The highest BCUT2D eigenvalue weighted by Crippen LogP contribution is 2.17. The topological polar surface area (TPSA) is 95.1 Å². The molecule has 2 aromatic heterocycles. The molecule has 0 radical (unpaired) electrons. The number of rotatable bonds is 4. The summed E-state index contributed by atoms with van der Waals surface area (Å²) in [5.74, 6) is 0.282. The lowest BCUT2D eigenvalue weighted by atomic mass is 10.2. The second-order valence-electron chi connectivity index (χ2n) is 4.30. The normalized spacial score (nSPS) is 11.5. The molecule has 2 aromatic rings. The van der Waals surface area contributed by atoms with Crippen LogP contribution in [0.15, 0.2) is 29.3 Å². The molecule has 0 spiro atoms. The number of aliphatic hydroxyl groups is 1. The number of nitrogens with one attached hydrogen (secondary N) is 2. The van der Waals surface area contributed by atoms with Crippen LogP contribution in [0.3, 0.4) is 0 Å². The molecule has 6 nitrogen and oxygen atoms in total. The van der Waals surface area contributed by atoms with Crippen LogP contribution >= 0.6 is 0 Å². The smallest absolute Gasteiger partial charge is 0.264 e. The summed E-state index contributed by atoms with van der Waals surface area (Å²) in [5, 5.41) is 8.92. The molecular weight excluding hydrogens is 266 g/mol. The Bertz CT molecular complexity index is 672. The van der Waals surface area contributed by atoms with E-state index in [1.807, 2.05) is 13.0 Å². The predicted octanol–water partition coefficient (Wildman–Crippen LogP) is 1.32. The van der Waals surface area contributed by atoms with Crippen molar-refractivity contribution in [2.75, 3.05) is 4.72 Å². The predicted molar refractivity (Wildman–Crippen MR) is 71.2 cm³/mol. The van der Waals surface area contributed by atoms with Crippen LogP contribution in [0.5, 0.6) is 0 Å². The number of hydrogen-bond acceptors (Lipinski definition) is 4. The van der Waals surface area contributed by atoms with Crippen molar-refractivity contribution in [3.8, 4) is 0 Å². The first-order valence-corrected chi connectivity index (χ1v) is 7.15. The Labute approximate surface area is 111 Å². The zero-order valence-electron chi connectivity index (χ0n) is 10.6. The molecule has 0 unspecified atom stereocenters. The van der Waals surface area contributed by atoms with Gasteiger partial charge in [-0.1, -0.05) is 0 Å². The highest BCUT2D eigenvalue weighted by molar-refractivity contribution is 7.92. The van der Waals surface area contributed by atoms with Crippen molar-refractivity contribution in [2.24, 2.45) is 0 Å². The molecule has 102 valence electrons. The number of aryl methyl sites for hydroxylation is 2. The Balaban J connectivity index is 2.30. The van der Waals surface area contributed by atoms with Crippen LogP contribution in [0.1, 0.15) is 17.0 Å². The molecule has 2 heterocycles. The van der Waals surface area contributed by atoms with Gasteiger partial charge in [-0.25, -0.2) is 13.4 Å². The van der Waals surface area contributed by atoms with Crippen LogP contribution in [0.4, 0.5) is 5.82 Å². The van der Waals surface area contributed by atoms with E-state index in [2.05, 4.69) is 14.7 Å². The Morgan fingerprint density at radius 2 is 2.05 bits per heavy atom. The van der Waals surface area contributed by atoms with E-state index in [4.69, 9.17) is 5.11 Å². The Kier molecular flexibility index (Phi) is 3.59. The molecular formula is C12H15N3O3S. The minimum absolute atomic E-state index is 0.0671. The number of anilines is 1. The zero-order chi connectivity index (χ0) is 14.0. The maximum Gasteiger partial charge on any atom is 0.264 e. The first-order chi connectivity index (χ1) is 8.90. The number of pyridine rings is 1. The third-order valence-electron chi connectivity index (χ3n) is 2.53. The zero-order valence-corrected chi connectivity index (χ0v) is 11.5. The summed E-state index contributed by atoms with van der Waals surface area (Å²) in [6, 6.07) is 4.90. The van der Waals surface area contributed by atoms with Gasteiger partial charge < -0.3 is 10.1 Å². The van der Waals surface area contributed by atoms with Crippen molar-refractivity contribution in [1.29, 1.82) is 0 Å². The molecule has 0 atom stereocenters. The molecule has 0 saturated carbocycles. The van der Waals surface area contributed by atoms with Crippen molar-refractivity contribution in [3.63, 3.8) is 0 Å². The molecule has 7 heteroatoms. The molecule has 3 N–H and O–H groups in total. The molecule has 0 fully saturated rings. The number of H-pyrrole nitrogens is 1. The van der Waals surface area contributed by atoms with E-state index in [0.29, 0.717) is 5.69 Å². The number of aromatic nitrogens is 2. The fourth-order valence-electron chi connectivity index (χ4n) is 1.76. The van der Waals surface area contributed by atoms with Crippen molar-refractivity contribution in [2.45, 2.75) is 25.3 Å². The van der Waals surface area contributed by atoms with Crippen LogP contribution in [0.2, 0.25) is 0 Å². The highest BCUT2D eigenvalue weighted by atomic mass is 32.2. The van der Waals surface area contributed by atoms with Gasteiger partial charge in [0.05, 0.1) is 6.61 Å². The molecule has 0 bridgehead atoms. The third kappa shape index (κ3) is 3.12. The summed E-state index contributed by atoms with van der Waals surface area (Å²) in [5.41, 5.74) is 2.10. The van der Waals surface area contributed by atoms with Crippen molar-refractivity contribution in [3.05, 3.63) is 41.3 Å². The number of aliphatic hydroxyl groups excluding tert-OH is 1. The van der Waals surface area contributed by atoms with Gasteiger partial charge in [-0.2, -0.15) is 0 Å². The summed E-state index contributed by atoms with van der Waals surface area (Å²) in [4.78, 5) is 6.87. The van der Waals surface area contributed by atoms with E-state index in [1.54, 1.807) is 13.0 Å². The number of aromatic amines is 1. The van der Waals surface area contributed by atoms with E-state index in [-0.39, 0.29) is 17.3 Å². The minimum atomic E-state index is -3.69. The van der Waals surface area contributed by atoms with E-state index in [9.17, 15) is 8.42 Å². The van der Waals surface area contributed by atoms with Gasteiger partial charge in [0.25, 0.3) is 10.0 Å². The lowest BCUT2D eigenvalue weighted by Crippen LogP contribution is -2.13. The van der Waals surface area contributed by atoms with E-state index >= 15 is 0 Å². The lowest BCUT2D eigenvalue weighted by molar-refractivity contribution is 0.277. The van der Waals surface area contributed by atoms with Crippen molar-refractivity contribution < 1.29 is 13.5 Å². The molecule has 19 heavy (non-hydrogen) atoms. The summed E-state index contributed by atoms with van der Waals surface area (Å²) in [6.45, 7) is 3.43. The fraction of sp³-hybridized carbons (Fsp3) is 0.250. The van der Waals surface area contributed by atoms with Gasteiger partial charge in [0, 0.05) is 17.6 Å². The van der Waals surface area contributed by atoms with Gasteiger partial charge in [0.2, 0.25) is 0 Å². The molecule has 0 aliphatic carbocycles. The van der Waals surface area contributed by atoms with Gasteiger partial charge in [0.15, 0.2) is 0 Å². The molecule has 0 aliphatic rings. The van der Waals surface area contributed by atoms with Crippen molar-refractivity contribution >= 4 is 15.8 Å². The van der Waals surface area contributed by atoms with Gasteiger partial charge in [-0.15, -0.1) is 0 Å². The summed E-state index contributed by atoms with van der Waals surface area (Å²) in [7, 11) is -3.69. The Hall–Kier alpha value is -1.86. The van der Waals surface area contributed by atoms with E-state index < -0.39 is 10.0 Å². The molecule has 0 aliphatic heterocycles. The first-order valence-electron chi connectivity index (χ1n) is 5.67. The number of nitrogens with zero attached hydrogens (tertiary/aromatic N) is 1. The average molecular weight is 281 g/mol. The first kappa shape index (κ1) is 13.6. The summed E-state index contributed by atoms with van der Waals surface area (Å²) < 4.78 is 26.6. The summed E-state index contributed by atoms with van der Waals surface area (Å²) >= 11 is 0. The van der Waals surface area contributed by atoms with Crippen LogP contribution in [-0.2, 0) is 16.6 Å².